The van der Waals surface area contributed by atoms with Crippen LogP contribution in [0.1, 0.15) is 69.1 Å². The molecule has 0 saturated carbocycles. The third kappa shape index (κ3) is 3.81. The maximum absolute atomic E-state index is 5.08. The summed E-state index contributed by atoms with van der Waals surface area (Å²) in [4.78, 5) is 14.7. The number of nitrogens with zero attached hydrogens (tertiary/aromatic N) is 4. The summed E-state index contributed by atoms with van der Waals surface area (Å²) < 4.78 is 2.31. The van der Waals surface area contributed by atoms with E-state index in [4.69, 9.17) is 9.97 Å². The maximum Gasteiger partial charge on any atom is 0.159 e. The molecule has 5 heteroatoms. The summed E-state index contributed by atoms with van der Waals surface area (Å²) in [6.45, 7) is 14.7. The summed E-state index contributed by atoms with van der Waals surface area (Å²) in [7, 11) is 0. The van der Waals surface area contributed by atoms with Crippen molar-refractivity contribution in [1.82, 2.24) is 24.8 Å². The average molecular weight is 380 g/mol. The van der Waals surface area contributed by atoms with Gasteiger partial charge in [0.25, 0.3) is 0 Å². The molecule has 0 saturated heterocycles. The van der Waals surface area contributed by atoms with Gasteiger partial charge < -0.3 is 9.88 Å². The normalized spacial score (nSPS) is 11.7. The predicted molar refractivity (Wildman–Crippen MR) is 117 cm³/mol. The van der Waals surface area contributed by atoms with Crippen LogP contribution in [0.3, 0.4) is 0 Å². The van der Waals surface area contributed by atoms with E-state index in [0.29, 0.717) is 6.04 Å². The summed E-state index contributed by atoms with van der Waals surface area (Å²) >= 11 is 0. The van der Waals surface area contributed by atoms with Crippen molar-refractivity contribution >= 4 is 11.2 Å². The molecule has 0 atom stereocenters. The Morgan fingerprint density at radius 3 is 2.46 bits per heavy atom. The van der Waals surface area contributed by atoms with E-state index in [1.807, 2.05) is 6.20 Å². The zero-order valence-electron chi connectivity index (χ0n) is 18.1. The quantitative estimate of drug-likeness (QED) is 0.588. The van der Waals surface area contributed by atoms with Crippen LogP contribution < -0.4 is 5.32 Å². The number of fused-ring (bicyclic) bond motifs is 1. The van der Waals surface area contributed by atoms with Gasteiger partial charge in [0.05, 0.1) is 17.1 Å². The number of aromatic nitrogens is 4. The van der Waals surface area contributed by atoms with E-state index in [2.05, 4.69) is 68.7 Å². The smallest absolute Gasteiger partial charge is 0.159 e. The Hall–Kier alpha value is -2.27. The molecule has 0 aliphatic rings. The minimum absolute atomic E-state index is 0.467. The Morgan fingerprint density at radius 1 is 1.07 bits per heavy atom. The number of rotatable bonds is 8. The van der Waals surface area contributed by atoms with Crippen molar-refractivity contribution in [3.8, 4) is 11.3 Å². The average Bonchev–Trinajstić information content (AvgIpc) is 3.02. The third-order valence-electron chi connectivity index (χ3n) is 5.58. The Balaban J connectivity index is 2.11. The number of aryl methyl sites for hydroxylation is 3. The van der Waals surface area contributed by atoms with Crippen molar-refractivity contribution in [2.45, 2.75) is 73.4 Å². The highest BCUT2D eigenvalue weighted by Crippen LogP contribution is 2.30. The molecule has 28 heavy (non-hydrogen) atoms. The molecule has 0 amide bonds. The Morgan fingerprint density at radius 2 is 1.82 bits per heavy atom. The number of pyridine rings is 1. The van der Waals surface area contributed by atoms with Gasteiger partial charge in [-0.25, -0.2) is 9.97 Å². The Bertz CT molecular complexity index is 953. The van der Waals surface area contributed by atoms with Gasteiger partial charge in [-0.2, -0.15) is 0 Å². The minimum Gasteiger partial charge on any atom is -0.328 e. The molecular weight excluding hydrogens is 346 g/mol. The second-order valence-corrected chi connectivity index (χ2v) is 7.49. The van der Waals surface area contributed by atoms with Crippen LogP contribution in [0.2, 0.25) is 0 Å². The van der Waals surface area contributed by atoms with Crippen molar-refractivity contribution in [3.63, 3.8) is 0 Å². The van der Waals surface area contributed by atoms with Gasteiger partial charge in [0, 0.05) is 30.5 Å². The molecule has 3 aromatic rings. The summed E-state index contributed by atoms with van der Waals surface area (Å²) in [5.74, 6) is 0. The summed E-state index contributed by atoms with van der Waals surface area (Å²) in [6, 6.07) is 2.67. The SMILES string of the molecule is CCNCc1cc(CC)c(-c2nc3c(C)cn(C(CC)CC)c3nc2C)cn1. The fraction of sp³-hybridized carbons (Fsp3) is 0.522. The van der Waals surface area contributed by atoms with Gasteiger partial charge in [-0.15, -0.1) is 0 Å². The third-order valence-corrected chi connectivity index (χ3v) is 5.58. The minimum atomic E-state index is 0.467. The molecule has 0 aromatic carbocycles. The van der Waals surface area contributed by atoms with Crippen LogP contribution in [0.15, 0.2) is 18.5 Å². The van der Waals surface area contributed by atoms with E-state index >= 15 is 0 Å². The highest BCUT2D eigenvalue weighted by Gasteiger charge is 2.18. The molecule has 1 N–H and O–H groups in total. The lowest BCUT2D eigenvalue weighted by Crippen LogP contribution is -2.13. The molecule has 150 valence electrons. The lowest BCUT2D eigenvalue weighted by molar-refractivity contribution is 0.482. The highest BCUT2D eigenvalue weighted by molar-refractivity contribution is 5.80. The van der Waals surface area contributed by atoms with Crippen LogP contribution in [0.5, 0.6) is 0 Å². The summed E-state index contributed by atoms with van der Waals surface area (Å²) in [6.07, 6.45) is 7.33. The van der Waals surface area contributed by atoms with E-state index in [-0.39, 0.29) is 0 Å². The van der Waals surface area contributed by atoms with Crippen LogP contribution in [0.25, 0.3) is 22.4 Å². The zero-order valence-corrected chi connectivity index (χ0v) is 18.1. The first-order valence-electron chi connectivity index (χ1n) is 10.6. The van der Waals surface area contributed by atoms with Crippen molar-refractivity contribution in [2.75, 3.05) is 6.54 Å². The molecule has 0 bridgehead atoms. The molecular formula is C23H33N5. The number of hydrogen-bond donors (Lipinski definition) is 1. The molecule has 3 heterocycles. The van der Waals surface area contributed by atoms with E-state index < -0.39 is 0 Å². The monoisotopic (exact) mass is 379 g/mol. The van der Waals surface area contributed by atoms with Gasteiger partial charge in [-0.1, -0.05) is 27.7 Å². The van der Waals surface area contributed by atoms with E-state index in [1.54, 1.807) is 0 Å². The van der Waals surface area contributed by atoms with Gasteiger partial charge >= 0.3 is 0 Å². The molecule has 0 aliphatic carbocycles. The van der Waals surface area contributed by atoms with E-state index in [0.717, 1.165) is 66.2 Å². The zero-order chi connectivity index (χ0) is 20.3. The van der Waals surface area contributed by atoms with Gasteiger partial charge in [-0.3, -0.25) is 4.98 Å². The molecule has 3 aromatic heterocycles. The second-order valence-electron chi connectivity index (χ2n) is 7.49. The molecule has 0 spiro atoms. The Kier molecular flexibility index (Phi) is 6.45. The second kappa shape index (κ2) is 8.82. The van der Waals surface area contributed by atoms with Gasteiger partial charge in [0.15, 0.2) is 5.65 Å². The van der Waals surface area contributed by atoms with Crippen LogP contribution >= 0.6 is 0 Å². The number of hydrogen-bond acceptors (Lipinski definition) is 4. The summed E-state index contributed by atoms with van der Waals surface area (Å²) in [5.41, 5.74) is 8.57. The van der Waals surface area contributed by atoms with Crippen molar-refractivity contribution in [2.24, 2.45) is 0 Å². The van der Waals surface area contributed by atoms with Crippen LogP contribution in [-0.2, 0) is 13.0 Å². The van der Waals surface area contributed by atoms with Gasteiger partial charge in [0.2, 0.25) is 0 Å². The molecule has 0 unspecified atom stereocenters. The topological polar surface area (TPSA) is 55.6 Å². The van der Waals surface area contributed by atoms with E-state index in [1.165, 1.54) is 11.1 Å². The van der Waals surface area contributed by atoms with Crippen molar-refractivity contribution in [1.29, 1.82) is 0 Å². The van der Waals surface area contributed by atoms with Crippen LogP contribution in [0.4, 0.5) is 0 Å². The van der Waals surface area contributed by atoms with Crippen LogP contribution in [0, 0.1) is 13.8 Å². The molecule has 0 fully saturated rings. The fourth-order valence-electron chi connectivity index (χ4n) is 3.90. The van der Waals surface area contributed by atoms with Crippen molar-refractivity contribution in [3.05, 3.63) is 41.0 Å². The maximum atomic E-state index is 5.08. The Labute approximate surface area is 168 Å². The first kappa shape index (κ1) is 20.5. The van der Waals surface area contributed by atoms with Crippen molar-refractivity contribution < 1.29 is 0 Å². The van der Waals surface area contributed by atoms with Gasteiger partial charge in [-0.05, 0) is 56.8 Å². The molecule has 3 rings (SSSR count). The summed E-state index contributed by atoms with van der Waals surface area (Å²) in [5, 5.41) is 3.35. The predicted octanol–water partition coefficient (Wildman–Crippen LogP) is 5.14. The lowest BCUT2D eigenvalue weighted by atomic mass is 10.0. The van der Waals surface area contributed by atoms with E-state index in [9.17, 15) is 0 Å². The molecule has 5 nitrogen and oxygen atoms in total. The largest absolute Gasteiger partial charge is 0.328 e. The number of nitrogens with one attached hydrogen (secondary N) is 1. The fourth-order valence-corrected chi connectivity index (χ4v) is 3.90. The standard InChI is InChI=1S/C23H33N5/c1-7-17-11-18(12-24-10-4)25-13-20(17)22-16(6)26-23-21(27-22)15(5)14-28(23)19(8-2)9-3/h11,13-14,19,24H,7-10,12H2,1-6H3. The van der Waals surface area contributed by atoms with Crippen LogP contribution in [-0.4, -0.2) is 26.1 Å². The lowest BCUT2D eigenvalue weighted by Gasteiger charge is -2.16. The first-order valence-corrected chi connectivity index (χ1v) is 10.6. The first-order chi connectivity index (χ1) is 13.5. The molecule has 0 aliphatic heterocycles. The highest BCUT2D eigenvalue weighted by atomic mass is 15.1. The van der Waals surface area contributed by atoms with Gasteiger partial charge in [0.1, 0.15) is 5.52 Å². The molecule has 0 radical (unpaired) electrons.